The molecule has 0 bridgehead atoms. The van der Waals surface area contributed by atoms with Crippen molar-refractivity contribution in [1.82, 2.24) is 4.90 Å². The van der Waals surface area contributed by atoms with Gasteiger partial charge >= 0.3 is 0 Å². The first-order chi connectivity index (χ1) is 7.37. The Balaban J connectivity index is 2.84. The van der Waals surface area contributed by atoms with E-state index < -0.39 is 9.84 Å². The Hall–Kier alpha value is -0.0000000000000000555. The molecule has 0 aromatic carbocycles. The molecule has 5 heteroatoms. The lowest BCUT2D eigenvalue weighted by molar-refractivity contribution is 0.169. The van der Waals surface area contributed by atoms with Crippen LogP contribution in [0.5, 0.6) is 0 Å². The van der Waals surface area contributed by atoms with Crippen LogP contribution in [0.2, 0.25) is 0 Å². The predicted molar refractivity (Wildman–Crippen MR) is 71.6 cm³/mol. The fraction of sp³-hybridized carbons (Fsp3) is 0.818. The van der Waals surface area contributed by atoms with Gasteiger partial charge in [0.05, 0.1) is 16.4 Å². The van der Waals surface area contributed by atoms with Gasteiger partial charge in [-0.05, 0) is 33.1 Å². The molecule has 0 amide bonds. The molecular weight excluding hydrogens is 242 g/mol. The Labute approximate surface area is 103 Å². The highest BCUT2D eigenvalue weighted by Gasteiger charge is 2.40. The summed E-state index contributed by atoms with van der Waals surface area (Å²) in [6.45, 7) is 5.89. The van der Waals surface area contributed by atoms with E-state index in [2.05, 4.69) is 31.7 Å². The van der Waals surface area contributed by atoms with Crippen molar-refractivity contribution in [3.05, 3.63) is 12.7 Å². The van der Waals surface area contributed by atoms with Gasteiger partial charge in [-0.2, -0.15) is 0 Å². The summed E-state index contributed by atoms with van der Waals surface area (Å²) in [4.78, 5) is 2.21. The molecule has 0 aromatic rings. The van der Waals surface area contributed by atoms with E-state index in [0.29, 0.717) is 24.3 Å². The van der Waals surface area contributed by atoms with Gasteiger partial charge in [0, 0.05) is 6.04 Å². The maximum absolute atomic E-state index is 11.5. The summed E-state index contributed by atoms with van der Waals surface area (Å²) >= 11 is 1.76. The van der Waals surface area contributed by atoms with Crippen LogP contribution in [0.25, 0.3) is 0 Å². The van der Waals surface area contributed by atoms with Crippen LogP contribution in [-0.4, -0.2) is 49.0 Å². The molecule has 1 aliphatic rings. The third-order valence-corrected chi connectivity index (χ3v) is 6.69. The number of thioether (sulfide) groups is 1. The molecule has 0 unspecified atom stereocenters. The Morgan fingerprint density at radius 3 is 2.31 bits per heavy atom. The van der Waals surface area contributed by atoms with E-state index in [1.165, 1.54) is 0 Å². The van der Waals surface area contributed by atoms with E-state index in [-0.39, 0.29) is 10.9 Å². The molecule has 1 rings (SSSR count). The first kappa shape index (κ1) is 14.1. The second kappa shape index (κ2) is 5.10. The molecule has 0 saturated carbocycles. The molecule has 1 heterocycles. The zero-order chi connectivity index (χ0) is 12.4. The lowest BCUT2D eigenvalue weighted by Crippen LogP contribution is -2.51. The number of hydrogen-bond acceptors (Lipinski definition) is 4. The minimum Gasteiger partial charge on any atom is -0.286 e. The number of hydrogen-bond donors (Lipinski definition) is 0. The maximum Gasteiger partial charge on any atom is 0.150 e. The van der Waals surface area contributed by atoms with E-state index in [1.807, 2.05) is 6.08 Å². The third kappa shape index (κ3) is 2.81. The van der Waals surface area contributed by atoms with Crippen molar-refractivity contribution in [2.24, 2.45) is 0 Å². The minimum atomic E-state index is -2.80. The summed E-state index contributed by atoms with van der Waals surface area (Å²) in [6.07, 6.45) is 5.39. The highest BCUT2D eigenvalue weighted by molar-refractivity contribution is 8.00. The Bertz CT molecular complexity index is 337. The van der Waals surface area contributed by atoms with E-state index >= 15 is 0 Å². The van der Waals surface area contributed by atoms with Crippen molar-refractivity contribution in [3.8, 4) is 0 Å². The zero-order valence-corrected chi connectivity index (χ0v) is 11.9. The van der Waals surface area contributed by atoms with E-state index in [1.54, 1.807) is 11.8 Å². The Kier molecular flexibility index (Phi) is 4.49. The highest BCUT2D eigenvalue weighted by Crippen LogP contribution is 2.39. The van der Waals surface area contributed by atoms with Crippen molar-refractivity contribution in [1.29, 1.82) is 0 Å². The lowest BCUT2D eigenvalue weighted by Gasteiger charge is -2.45. The van der Waals surface area contributed by atoms with Crippen LogP contribution in [0.1, 0.15) is 19.8 Å². The molecule has 0 N–H and O–H groups in total. The normalized spacial score (nSPS) is 25.2. The van der Waals surface area contributed by atoms with Crippen molar-refractivity contribution < 1.29 is 8.42 Å². The highest BCUT2D eigenvalue weighted by atomic mass is 32.2. The topological polar surface area (TPSA) is 37.4 Å². The monoisotopic (exact) mass is 263 g/mol. The van der Waals surface area contributed by atoms with E-state index in [4.69, 9.17) is 0 Å². The molecule has 0 radical (unpaired) electrons. The molecule has 0 aliphatic carbocycles. The van der Waals surface area contributed by atoms with E-state index in [9.17, 15) is 8.42 Å². The lowest BCUT2D eigenvalue weighted by atomic mass is 10.1. The molecule has 0 aromatic heterocycles. The summed E-state index contributed by atoms with van der Waals surface area (Å²) in [5, 5.41) is 0. The van der Waals surface area contributed by atoms with Gasteiger partial charge in [0.1, 0.15) is 0 Å². The molecule has 16 heavy (non-hydrogen) atoms. The van der Waals surface area contributed by atoms with Gasteiger partial charge in [-0.15, -0.1) is 18.3 Å². The summed E-state index contributed by atoms with van der Waals surface area (Å²) < 4.78 is 22.9. The second-order valence-corrected chi connectivity index (χ2v) is 7.86. The van der Waals surface area contributed by atoms with Gasteiger partial charge in [-0.25, -0.2) is 8.42 Å². The predicted octanol–water partition coefficient (Wildman–Crippen LogP) is 1.76. The van der Waals surface area contributed by atoms with E-state index in [0.717, 1.165) is 0 Å². The molecule has 94 valence electrons. The summed E-state index contributed by atoms with van der Waals surface area (Å²) in [6, 6.07) is 0.272. The number of rotatable bonds is 4. The Morgan fingerprint density at radius 1 is 1.44 bits per heavy atom. The Morgan fingerprint density at radius 2 is 1.94 bits per heavy atom. The van der Waals surface area contributed by atoms with Gasteiger partial charge in [0.25, 0.3) is 0 Å². The summed E-state index contributed by atoms with van der Waals surface area (Å²) in [5.74, 6) is 0.615. The van der Waals surface area contributed by atoms with Crippen LogP contribution in [0, 0.1) is 0 Å². The van der Waals surface area contributed by atoms with Gasteiger partial charge in [0.15, 0.2) is 9.84 Å². The van der Waals surface area contributed by atoms with Crippen LogP contribution >= 0.6 is 11.8 Å². The maximum atomic E-state index is 11.5. The van der Waals surface area contributed by atoms with Crippen molar-refractivity contribution >= 4 is 21.6 Å². The minimum absolute atomic E-state index is 0.0427. The molecule has 0 spiro atoms. The molecule has 3 nitrogen and oxygen atoms in total. The van der Waals surface area contributed by atoms with Crippen LogP contribution in [0.4, 0.5) is 0 Å². The molecule has 1 fully saturated rings. The molecule has 1 aliphatic heterocycles. The number of likely N-dealkylation sites (N-methyl/N-ethyl adjacent to an activating group) is 1. The van der Waals surface area contributed by atoms with Gasteiger partial charge < -0.3 is 0 Å². The third-order valence-electron chi connectivity index (χ3n) is 3.58. The van der Waals surface area contributed by atoms with Gasteiger partial charge in [-0.1, -0.05) is 6.08 Å². The van der Waals surface area contributed by atoms with Gasteiger partial charge in [-0.3, -0.25) is 4.90 Å². The van der Waals surface area contributed by atoms with Crippen molar-refractivity contribution in [2.45, 2.75) is 30.7 Å². The van der Waals surface area contributed by atoms with Crippen molar-refractivity contribution in [3.63, 3.8) is 0 Å². The molecule has 1 atom stereocenters. The summed E-state index contributed by atoms with van der Waals surface area (Å²) in [5.41, 5.74) is 0. The zero-order valence-electron chi connectivity index (χ0n) is 10.3. The van der Waals surface area contributed by atoms with Crippen molar-refractivity contribution in [2.75, 3.05) is 24.8 Å². The standard InChI is InChI=1S/C11H21NO2S2/c1-5-10(2)12(3)11(15-4)6-8-16(13,14)9-7-11/h5,10H,1,6-9H2,2-4H3/t10-/m1/s1. The first-order valence-corrected chi connectivity index (χ1v) is 8.52. The smallest absolute Gasteiger partial charge is 0.150 e. The van der Waals surface area contributed by atoms with Crippen LogP contribution in [0.15, 0.2) is 12.7 Å². The van der Waals surface area contributed by atoms with Crippen LogP contribution in [0.3, 0.4) is 0 Å². The first-order valence-electron chi connectivity index (χ1n) is 5.48. The van der Waals surface area contributed by atoms with Gasteiger partial charge in [0.2, 0.25) is 0 Å². The SMILES string of the molecule is C=C[C@@H](C)N(C)C1(SC)CCS(=O)(=O)CC1. The van der Waals surface area contributed by atoms with Crippen LogP contribution < -0.4 is 0 Å². The fourth-order valence-electron chi connectivity index (χ4n) is 2.09. The van der Waals surface area contributed by atoms with Crippen LogP contribution in [-0.2, 0) is 9.84 Å². The quantitative estimate of drug-likeness (QED) is 0.572. The average molecular weight is 263 g/mol. The second-order valence-electron chi connectivity index (χ2n) is 4.39. The summed E-state index contributed by atoms with van der Waals surface area (Å²) in [7, 11) is -0.739. The average Bonchev–Trinajstić information content (AvgIpc) is 2.28. The number of nitrogens with zero attached hydrogens (tertiary/aromatic N) is 1. The molecule has 1 saturated heterocycles. The molecular formula is C11H21NO2S2. The fourth-order valence-corrected chi connectivity index (χ4v) is 4.91. The number of sulfone groups is 1. The largest absolute Gasteiger partial charge is 0.286 e.